The highest BCUT2D eigenvalue weighted by molar-refractivity contribution is 7.16. The lowest BCUT2D eigenvalue weighted by Crippen LogP contribution is -2.09. The molecule has 92 valence electrons. The van der Waals surface area contributed by atoms with Gasteiger partial charge in [-0.25, -0.2) is 4.98 Å². The van der Waals surface area contributed by atoms with Crippen LogP contribution in [0.4, 0.5) is 11.8 Å². The minimum absolute atomic E-state index is 0.270. The summed E-state index contributed by atoms with van der Waals surface area (Å²) < 4.78 is 4.66. The topological polar surface area (TPSA) is 103 Å². The summed E-state index contributed by atoms with van der Waals surface area (Å²) in [6, 6.07) is 1.97. The van der Waals surface area contributed by atoms with Crippen LogP contribution < -0.4 is 11.1 Å². The monoisotopic (exact) mass is 262 g/mol. The fourth-order valence-electron chi connectivity index (χ4n) is 1.60. The van der Waals surface area contributed by atoms with Crippen LogP contribution in [0.25, 0.3) is 10.2 Å². The molecule has 0 saturated heterocycles. The van der Waals surface area contributed by atoms with Gasteiger partial charge in [0.05, 0.1) is 5.39 Å². The summed E-state index contributed by atoms with van der Waals surface area (Å²) in [7, 11) is 0. The molecule has 3 N–H and O–H groups in total. The van der Waals surface area contributed by atoms with E-state index < -0.39 is 0 Å². The molecule has 3 heterocycles. The van der Waals surface area contributed by atoms with Crippen LogP contribution in [0.1, 0.15) is 5.82 Å². The van der Waals surface area contributed by atoms with Crippen molar-refractivity contribution >= 4 is 33.3 Å². The minimum atomic E-state index is 0.270. The second-order valence-electron chi connectivity index (χ2n) is 3.59. The van der Waals surface area contributed by atoms with Crippen LogP contribution in [0.15, 0.2) is 22.4 Å². The first-order valence-electron chi connectivity index (χ1n) is 5.33. The van der Waals surface area contributed by atoms with Crippen molar-refractivity contribution in [1.29, 1.82) is 0 Å². The van der Waals surface area contributed by atoms with Crippen LogP contribution in [-0.4, -0.2) is 26.7 Å². The summed E-state index contributed by atoms with van der Waals surface area (Å²) in [6.45, 7) is 0.654. The molecule has 18 heavy (non-hydrogen) atoms. The third-order valence-corrected chi connectivity index (χ3v) is 3.20. The van der Waals surface area contributed by atoms with E-state index in [0.29, 0.717) is 18.8 Å². The molecule has 0 amide bonds. The average molecular weight is 262 g/mol. The molecule has 8 heteroatoms. The van der Waals surface area contributed by atoms with Crippen molar-refractivity contribution in [3.05, 3.63) is 23.7 Å². The predicted molar refractivity (Wildman–Crippen MR) is 68.3 cm³/mol. The van der Waals surface area contributed by atoms with Crippen molar-refractivity contribution in [2.75, 3.05) is 17.6 Å². The molecule has 3 rings (SSSR count). The first kappa shape index (κ1) is 10.9. The fraction of sp³-hybridized carbons (Fsp3) is 0.200. The smallest absolute Gasteiger partial charge is 0.223 e. The van der Waals surface area contributed by atoms with Gasteiger partial charge < -0.3 is 15.6 Å². The molecule has 0 fully saturated rings. The third kappa shape index (κ3) is 2.09. The Kier molecular flexibility index (Phi) is 2.77. The van der Waals surface area contributed by atoms with E-state index in [-0.39, 0.29) is 5.95 Å². The Labute approximate surface area is 106 Å². The zero-order chi connectivity index (χ0) is 12.4. The van der Waals surface area contributed by atoms with E-state index in [1.165, 1.54) is 17.7 Å². The van der Waals surface area contributed by atoms with Crippen LogP contribution in [0.3, 0.4) is 0 Å². The molecular weight excluding hydrogens is 252 g/mol. The molecule has 0 saturated carbocycles. The van der Waals surface area contributed by atoms with E-state index in [2.05, 4.69) is 29.9 Å². The van der Waals surface area contributed by atoms with Crippen molar-refractivity contribution in [2.24, 2.45) is 0 Å². The number of nitrogens with two attached hydrogens (primary N) is 1. The van der Waals surface area contributed by atoms with Crippen LogP contribution in [0.2, 0.25) is 0 Å². The lowest BCUT2D eigenvalue weighted by Gasteiger charge is -2.05. The Balaban J connectivity index is 1.75. The lowest BCUT2D eigenvalue weighted by atomic mass is 10.3. The molecule has 0 radical (unpaired) electrons. The van der Waals surface area contributed by atoms with E-state index in [4.69, 9.17) is 5.73 Å². The molecule has 0 atom stereocenters. The molecule has 0 aromatic carbocycles. The van der Waals surface area contributed by atoms with E-state index in [1.54, 1.807) is 0 Å². The quantitative estimate of drug-likeness (QED) is 0.730. The molecule has 0 aliphatic carbocycles. The highest BCUT2D eigenvalue weighted by Gasteiger charge is 2.07. The van der Waals surface area contributed by atoms with Gasteiger partial charge in [-0.05, 0) is 11.4 Å². The molecule has 7 nitrogen and oxygen atoms in total. The van der Waals surface area contributed by atoms with E-state index in [9.17, 15) is 0 Å². The van der Waals surface area contributed by atoms with Gasteiger partial charge in [-0.2, -0.15) is 9.97 Å². The third-order valence-electron chi connectivity index (χ3n) is 2.39. The number of fused-ring (bicyclic) bond motifs is 1. The van der Waals surface area contributed by atoms with Gasteiger partial charge in [-0.1, -0.05) is 5.16 Å². The van der Waals surface area contributed by atoms with Crippen molar-refractivity contribution < 1.29 is 4.52 Å². The van der Waals surface area contributed by atoms with Crippen molar-refractivity contribution in [2.45, 2.75) is 6.42 Å². The zero-order valence-electron chi connectivity index (χ0n) is 9.33. The number of rotatable bonds is 4. The van der Waals surface area contributed by atoms with Gasteiger partial charge in [-0.15, -0.1) is 11.3 Å². The summed E-state index contributed by atoms with van der Waals surface area (Å²) >= 11 is 1.54. The summed E-state index contributed by atoms with van der Waals surface area (Å²) in [5.41, 5.74) is 5.65. The Morgan fingerprint density at radius 1 is 1.39 bits per heavy atom. The normalized spacial score (nSPS) is 10.9. The van der Waals surface area contributed by atoms with Gasteiger partial charge in [-0.3, -0.25) is 0 Å². The number of hydrogen-bond donors (Lipinski definition) is 2. The van der Waals surface area contributed by atoms with Crippen LogP contribution in [-0.2, 0) is 6.42 Å². The Bertz CT molecular complexity index is 649. The maximum Gasteiger partial charge on any atom is 0.223 e. The van der Waals surface area contributed by atoms with E-state index in [0.717, 1.165) is 16.0 Å². The van der Waals surface area contributed by atoms with Crippen LogP contribution >= 0.6 is 11.3 Å². The Morgan fingerprint density at radius 2 is 2.33 bits per heavy atom. The average Bonchev–Trinajstić information content (AvgIpc) is 2.98. The largest absolute Gasteiger partial charge is 0.369 e. The minimum Gasteiger partial charge on any atom is -0.369 e. The molecule has 3 aromatic rings. The highest BCUT2D eigenvalue weighted by atomic mass is 32.1. The van der Waals surface area contributed by atoms with E-state index in [1.807, 2.05) is 11.4 Å². The first-order chi connectivity index (χ1) is 8.83. The Hall–Kier alpha value is -2.22. The maximum absolute atomic E-state index is 5.65. The van der Waals surface area contributed by atoms with Crippen LogP contribution in [0.5, 0.6) is 0 Å². The second kappa shape index (κ2) is 4.57. The number of thiophene rings is 1. The number of nitrogen functional groups attached to an aromatic ring is 1. The number of hydrogen-bond acceptors (Lipinski definition) is 8. The summed E-state index contributed by atoms with van der Waals surface area (Å²) in [4.78, 5) is 13.2. The maximum atomic E-state index is 5.65. The van der Waals surface area contributed by atoms with Crippen LogP contribution in [0, 0.1) is 0 Å². The predicted octanol–water partition coefficient (Wildman–Crippen LogP) is 1.31. The second-order valence-corrected chi connectivity index (χ2v) is 4.49. The standard InChI is InChI=1S/C10H10N6OS/c11-10-14-8(6-2-4-18-9(6)15-10)12-3-1-7-13-5-17-16-7/h2,4-5H,1,3H2,(H3,11,12,14,15). The SMILES string of the molecule is Nc1nc(NCCc2ncon2)c2ccsc2n1. The molecule has 0 unspecified atom stereocenters. The zero-order valence-corrected chi connectivity index (χ0v) is 10.1. The van der Waals surface area contributed by atoms with Crippen molar-refractivity contribution in [3.63, 3.8) is 0 Å². The molecule has 3 aromatic heterocycles. The summed E-state index contributed by atoms with van der Waals surface area (Å²) in [6.07, 6.45) is 1.97. The number of anilines is 2. The molecule has 0 aliphatic heterocycles. The molecule has 0 spiro atoms. The summed E-state index contributed by atoms with van der Waals surface area (Å²) in [5, 5.41) is 9.88. The lowest BCUT2D eigenvalue weighted by molar-refractivity contribution is 0.410. The number of nitrogens with one attached hydrogen (secondary N) is 1. The van der Waals surface area contributed by atoms with Gasteiger partial charge >= 0.3 is 0 Å². The molecular formula is C10H10N6OS. The first-order valence-corrected chi connectivity index (χ1v) is 6.21. The number of nitrogens with zero attached hydrogens (tertiary/aromatic N) is 4. The highest BCUT2D eigenvalue weighted by Crippen LogP contribution is 2.25. The van der Waals surface area contributed by atoms with Gasteiger partial charge in [0.2, 0.25) is 12.3 Å². The molecule has 0 bridgehead atoms. The fourth-order valence-corrected chi connectivity index (χ4v) is 2.37. The van der Waals surface area contributed by atoms with Gasteiger partial charge in [0, 0.05) is 13.0 Å². The summed E-state index contributed by atoms with van der Waals surface area (Å²) in [5.74, 6) is 1.67. The van der Waals surface area contributed by atoms with Gasteiger partial charge in [0.15, 0.2) is 5.82 Å². The Morgan fingerprint density at radius 3 is 3.17 bits per heavy atom. The van der Waals surface area contributed by atoms with Gasteiger partial charge in [0.25, 0.3) is 0 Å². The van der Waals surface area contributed by atoms with E-state index >= 15 is 0 Å². The molecule has 0 aliphatic rings. The van der Waals surface area contributed by atoms with Crippen molar-refractivity contribution in [1.82, 2.24) is 20.1 Å². The number of aromatic nitrogens is 4. The van der Waals surface area contributed by atoms with Crippen molar-refractivity contribution in [3.8, 4) is 0 Å². The van der Waals surface area contributed by atoms with Gasteiger partial charge in [0.1, 0.15) is 10.6 Å².